The summed E-state index contributed by atoms with van der Waals surface area (Å²) in [5, 5.41) is 3.61. The molecule has 20 heavy (non-hydrogen) atoms. The third-order valence-corrected chi connectivity index (χ3v) is 5.19. The second-order valence-corrected chi connectivity index (χ2v) is 6.58. The Kier molecular flexibility index (Phi) is 3.27. The Morgan fingerprint density at radius 3 is 2.85 bits per heavy atom. The zero-order valence-corrected chi connectivity index (χ0v) is 11.9. The van der Waals surface area contributed by atoms with Crippen LogP contribution in [-0.2, 0) is 6.42 Å². The van der Waals surface area contributed by atoms with Crippen LogP contribution in [0.3, 0.4) is 0 Å². The standard InChI is InChI=1S/C17H23FN2/c18-16-5-1-4-15-14(16)8-9-17(15)20(13-6-7-13)11-12-3-2-10-19-12/h1,4-5,12-13,17,19H,2-3,6-11H2. The summed E-state index contributed by atoms with van der Waals surface area (Å²) in [4.78, 5) is 2.67. The molecule has 0 spiro atoms. The molecule has 1 aromatic rings. The number of hydrogen-bond donors (Lipinski definition) is 1. The average Bonchev–Trinajstić information content (AvgIpc) is 2.99. The molecule has 1 saturated carbocycles. The molecule has 0 amide bonds. The minimum atomic E-state index is -0.000242. The molecule has 1 aliphatic heterocycles. The summed E-state index contributed by atoms with van der Waals surface area (Å²) in [6.07, 6.45) is 7.26. The van der Waals surface area contributed by atoms with E-state index in [2.05, 4.69) is 16.3 Å². The Balaban J connectivity index is 1.57. The van der Waals surface area contributed by atoms with E-state index >= 15 is 0 Å². The lowest BCUT2D eigenvalue weighted by molar-refractivity contribution is 0.170. The summed E-state index contributed by atoms with van der Waals surface area (Å²) in [5.74, 6) is -0.000242. The van der Waals surface area contributed by atoms with Crippen LogP contribution in [0.5, 0.6) is 0 Å². The van der Waals surface area contributed by atoms with E-state index in [4.69, 9.17) is 0 Å². The molecular formula is C17H23FN2. The smallest absolute Gasteiger partial charge is 0.126 e. The first kappa shape index (κ1) is 12.8. The summed E-state index contributed by atoms with van der Waals surface area (Å²) in [6, 6.07) is 7.49. The van der Waals surface area contributed by atoms with Crippen molar-refractivity contribution >= 4 is 0 Å². The van der Waals surface area contributed by atoms with Gasteiger partial charge in [-0.25, -0.2) is 4.39 Å². The fourth-order valence-corrected chi connectivity index (χ4v) is 4.04. The van der Waals surface area contributed by atoms with E-state index in [0.717, 1.165) is 31.0 Å². The zero-order valence-electron chi connectivity index (χ0n) is 11.9. The van der Waals surface area contributed by atoms with Crippen molar-refractivity contribution in [1.29, 1.82) is 0 Å². The van der Waals surface area contributed by atoms with Gasteiger partial charge in [0.15, 0.2) is 0 Å². The molecule has 3 aliphatic rings. The van der Waals surface area contributed by atoms with Crippen molar-refractivity contribution in [2.75, 3.05) is 13.1 Å². The molecule has 1 aromatic carbocycles. The highest BCUT2D eigenvalue weighted by Gasteiger charge is 2.39. The van der Waals surface area contributed by atoms with E-state index in [9.17, 15) is 4.39 Å². The molecule has 2 aliphatic carbocycles. The van der Waals surface area contributed by atoms with Crippen LogP contribution in [0.2, 0.25) is 0 Å². The van der Waals surface area contributed by atoms with E-state index in [1.807, 2.05) is 6.07 Å². The molecule has 0 bridgehead atoms. The van der Waals surface area contributed by atoms with Gasteiger partial charge in [0.1, 0.15) is 5.82 Å². The molecule has 0 aromatic heterocycles. The maximum absolute atomic E-state index is 13.9. The van der Waals surface area contributed by atoms with Gasteiger partial charge in [-0.05, 0) is 62.3 Å². The van der Waals surface area contributed by atoms with Gasteiger partial charge in [-0.3, -0.25) is 4.90 Å². The first-order valence-corrected chi connectivity index (χ1v) is 8.09. The second kappa shape index (κ2) is 5.12. The Bertz CT molecular complexity index is 492. The van der Waals surface area contributed by atoms with Crippen LogP contribution in [0.25, 0.3) is 0 Å². The largest absolute Gasteiger partial charge is 0.313 e. The summed E-state index contributed by atoms with van der Waals surface area (Å²) in [5.41, 5.74) is 2.23. The number of fused-ring (bicyclic) bond motifs is 1. The maximum atomic E-state index is 13.9. The van der Waals surface area contributed by atoms with Crippen molar-refractivity contribution in [2.24, 2.45) is 0 Å². The molecule has 4 rings (SSSR count). The molecular weight excluding hydrogens is 251 g/mol. The molecule has 1 saturated heterocycles. The van der Waals surface area contributed by atoms with Gasteiger partial charge in [-0.15, -0.1) is 0 Å². The van der Waals surface area contributed by atoms with Crippen LogP contribution >= 0.6 is 0 Å². The van der Waals surface area contributed by atoms with Gasteiger partial charge < -0.3 is 5.32 Å². The lowest BCUT2D eigenvalue weighted by Gasteiger charge is -2.32. The summed E-state index contributed by atoms with van der Waals surface area (Å²) in [7, 11) is 0. The van der Waals surface area contributed by atoms with Crippen LogP contribution < -0.4 is 5.32 Å². The zero-order chi connectivity index (χ0) is 13.5. The van der Waals surface area contributed by atoms with Gasteiger partial charge in [-0.2, -0.15) is 0 Å². The Hall–Kier alpha value is -0.930. The number of nitrogens with one attached hydrogen (secondary N) is 1. The van der Waals surface area contributed by atoms with Crippen molar-refractivity contribution in [3.8, 4) is 0 Å². The van der Waals surface area contributed by atoms with Gasteiger partial charge in [0.25, 0.3) is 0 Å². The predicted molar refractivity (Wildman–Crippen MR) is 78.2 cm³/mol. The van der Waals surface area contributed by atoms with Crippen LogP contribution in [0.4, 0.5) is 4.39 Å². The minimum Gasteiger partial charge on any atom is -0.313 e. The van der Waals surface area contributed by atoms with Gasteiger partial charge in [0, 0.05) is 24.7 Å². The third-order valence-electron chi connectivity index (χ3n) is 5.19. The summed E-state index contributed by atoms with van der Waals surface area (Å²) < 4.78 is 13.9. The molecule has 1 N–H and O–H groups in total. The SMILES string of the molecule is Fc1cccc2c1CCC2N(CC1CCCN1)C1CC1. The maximum Gasteiger partial charge on any atom is 0.126 e. The van der Waals surface area contributed by atoms with Gasteiger partial charge in [0.05, 0.1) is 0 Å². The van der Waals surface area contributed by atoms with Crippen molar-refractivity contribution in [3.63, 3.8) is 0 Å². The van der Waals surface area contributed by atoms with E-state index in [-0.39, 0.29) is 5.82 Å². The fourth-order valence-electron chi connectivity index (χ4n) is 4.04. The molecule has 0 radical (unpaired) electrons. The highest BCUT2D eigenvalue weighted by Crippen LogP contribution is 2.42. The second-order valence-electron chi connectivity index (χ2n) is 6.58. The Morgan fingerprint density at radius 2 is 2.10 bits per heavy atom. The molecule has 2 atom stereocenters. The Labute approximate surface area is 120 Å². The van der Waals surface area contributed by atoms with Crippen molar-refractivity contribution in [1.82, 2.24) is 10.2 Å². The molecule has 108 valence electrons. The van der Waals surface area contributed by atoms with Crippen LogP contribution in [0, 0.1) is 5.82 Å². The predicted octanol–water partition coefficient (Wildman–Crippen LogP) is 3.03. The number of hydrogen-bond acceptors (Lipinski definition) is 2. The van der Waals surface area contributed by atoms with E-state index < -0.39 is 0 Å². The highest BCUT2D eigenvalue weighted by molar-refractivity contribution is 5.36. The van der Waals surface area contributed by atoms with Gasteiger partial charge in [0.2, 0.25) is 0 Å². The monoisotopic (exact) mass is 274 g/mol. The quantitative estimate of drug-likeness (QED) is 0.908. The third kappa shape index (κ3) is 2.27. The number of nitrogens with zero attached hydrogens (tertiary/aromatic N) is 1. The van der Waals surface area contributed by atoms with Crippen LogP contribution in [0.15, 0.2) is 18.2 Å². The fraction of sp³-hybridized carbons (Fsp3) is 0.647. The number of benzene rings is 1. The molecule has 2 fully saturated rings. The van der Waals surface area contributed by atoms with Crippen LogP contribution in [-0.4, -0.2) is 30.1 Å². The van der Waals surface area contributed by atoms with Crippen LogP contribution in [0.1, 0.15) is 49.3 Å². The van der Waals surface area contributed by atoms with Crippen molar-refractivity contribution < 1.29 is 4.39 Å². The molecule has 2 nitrogen and oxygen atoms in total. The molecule has 2 unspecified atom stereocenters. The lowest BCUT2D eigenvalue weighted by atomic mass is 10.1. The minimum absolute atomic E-state index is 0.000242. The van der Waals surface area contributed by atoms with Crippen molar-refractivity contribution in [3.05, 3.63) is 35.1 Å². The highest BCUT2D eigenvalue weighted by atomic mass is 19.1. The molecule has 1 heterocycles. The number of halogens is 1. The first-order chi connectivity index (χ1) is 9.83. The van der Waals surface area contributed by atoms with E-state index in [1.54, 1.807) is 6.07 Å². The summed E-state index contributed by atoms with van der Waals surface area (Å²) in [6.45, 7) is 2.31. The van der Waals surface area contributed by atoms with Crippen molar-refractivity contribution in [2.45, 2.75) is 56.7 Å². The van der Waals surface area contributed by atoms with Gasteiger partial charge >= 0.3 is 0 Å². The lowest BCUT2D eigenvalue weighted by Crippen LogP contribution is -2.40. The average molecular weight is 274 g/mol. The van der Waals surface area contributed by atoms with E-state index in [1.165, 1.54) is 37.8 Å². The number of rotatable bonds is 4. The molecule has 3 heteroatoms. The van der Waals surface area contributed by atoms with Gasteiger partial charge in [-0.1, -0.05) is 12.1 Å². The summed E-state index contributed by atoms with van der Waals surface area (Å²) >= 11 is 0. The van der Waals surface area contributed by atoms with E-state index in [0.29, 0.717) is 12.1 Å². The Morgan fingerprint density at radius 1 is 1.20 bits per heavy atom. The first-order valence-electron chi connectivity index (χ1n) is 8.09. The normalized spacial score (nSPS) is 29.1. The topological polar surface area (TPSA) is 15.3 Å².